The zero-order valence-electron chi connectivity index (χ0n) is 18.7. The lowest BCUT2D eigenvalue weighted by molar-refractivity contribution is -0.121. The number of amides is 1. The Labute approximate surface area is 202 Å². The normalized spacial score (nSPS) is 14.6. The fourth-order valence-corrected chi connectivity index (χ4v) is 4.61. The minimum Gasteiger partial charge on any atom is -0.438 e. The maximum atomic E-state index is 13.4. The quantitative estimate of drug-likeness (QED) is 0.379. The maximum absolute atomic E-state index is 13.4. The van der Waals surface area contributed by atoms with Gasteiger partial charge >= 0.3 is 0 Å². The first-order valence-electron chi connectivity index (χ1n) is 11.2. The molecule has 0 spiro atoms. The molecule has 1 N–H and O–H groups in total. The van der Waals surface area contributed by atoms with Crippen molar-refractivity contribution in [3.8, 4) is 17.4 Å². The summed E-state index contributed by atoms with van der Waals surface area (Å²) < 4.78 is 7.66. The molecule has 1 amide bonds. The molecule has 4 aromatic rings. The fraction of sp³-hybridized carbons (Fsp3) is 0.231. The van der Waals surface area contributed by atoms with Crippen LogP contribution in [0.25, 0.3) is 5.82 Å². The van der Waals surface area contributed by atoms with Crippen molar-refractivity contribution in [2.75, 3.05) is 5.32 Å². The summed E-state index contributed by atoms with van der Waals surface area (Å²) in [5.41, 5.74) is 1.21. The molecule has 1 aliphatic carbocycles. The van der Waals surface area contributed by atoms with Crippen molar-refractivity contribution in [3.05, 3.63) is 89.5 Å². The number of carbonyl (C=O) groups is 1. The van der Waals surface area contributed by atoms with Gasteiger partial charge in [0.25, 0.3) is 0 Å². The van der Waals surface area contributed by atoms with Gasteiger partial charge in [-0.25, -0.2) is 4.98 Å². The Morgan fingerprint density at radius 3 is 2.35 bits per heavy atom. The van der Waals surface area contributed by atoms with Crippen molar-refractivity contribution in [3.63, 3.8) is 0 Å². The predicted molar refractivity (Wildman–Crippen MR) is 131 cm³/mol. The Bertz CT molecular complexity index is 1280. The van der Waals surface area contributed by atoms with Crippen molar-refractivity contribution in [1.29, 1.82) is 0 Å². The number of halogens is 1. The van der Waals surface area contributed by atoms with Gasteiger partial charge in [-0.15, -0.1) is 10.2 Å². The van der Waals surface area contributed by atoms with E-state index in [4.69, 9.17) is 16.3 Å². The molecule has 172 valence electrons. The van der Waals surface area contributed by atoms with E-state index in [0.717, 1.165) is 42.8 Å². The van der Waals surface area contributed by atoms with Gasteiger partial charge in [0.05, 0.1) is 5.41 Å². The first-order valence-corrected chi connectivity index (χ1v) is 11.6. The Kier molecular flexibility index (Phi) is 6.02. The van der Waals surface area contributed by atoms with E-state index in [1.54, 1.807) is 24.4 Å². The van der Waals surface area contributed by atoms with E-state index in [0.29, 0.717) is 22.5 Å². The van der Waals surface area contributed by atoms with Crippen LogP contribution < -0.4 is 10.1 Å². The van der Waals surface area contributed by atoms with E-state index in [1.165, 1.54) is 0 Å². The average molecular weight is 474 g/mol. The third kappa shape index (κ3) is 4.39. The molecule has 7 nitrogen and oxygen atoms in total. The summed E-state index contributed by atoms with van der Waals surface area (Å²) in [5, 5.41) is 12.1. The molecular weight excluding hydrogens is 450 g/mol. The zero-order valence-corrected chi connectivity index (χ0v) is 19.5. The van der Waals surface area contributed by atoms with Crippen LogP contribution in [0, 0.1) is 6.92 Å². The molecule has 1 fully saturated rings. The number of rotatable bonds is 6. The lowest BCUT2D eigenvalue weighted by Gasteiger charge is -2.28. The lowest BCUT2D eigenvalue weighted by atomic mass is 9.78. The highest BCUT2D eigenvalue weighted by Gasteiger charge is 2.42. The van der Waals surface area contributed by atoms with E-state index in [9.17, 15) is 4.79 Å². The van der Waals surface area contributed by atoms with E-state index in [-0.39, 0.29) is 5.91 Å². The van der Waals surface area contributed by atoms with Gasteiger partial charge in [-0.2, -0.15) is 0 Å². The highest BCUT2D eigenvalue weighted by Crippen LogP contribution is 2.42. The van der Waals surface area contributed by atoms with Gasteiger partial charge in [0.1, 0.15) is 11.6 Å². The minimum atomic E-state index is -0.523. The number of aryl methyl sites for hydroxylation is 1. The van der Waals surface area contributed by atoms with Crippen LogP contribution in [0.3, 0.4) is 0 Å². The Morgan fingerprint density at radius 1 is 1.00 bits per heavy atom. The van der Waals surface area contributed by atoms with Crippen LogP contribution in [-0.2, 0) is 10.2 Å². The fourth-order valence-electron chi connectivity index (χ4n) is 4.49. The molecule has 1 aliphatic rings. The summed E-state index contributed by atoms with van der Waals surface area (Å²) >= 11 is 6.06. The summed E-state index contributed by atoms with van der Waals surface area (Å²) in [4.78, 5) is 17.5. The number of hydrogen-bond donors (Lipinski definition) is 1. The van der Waals surface area contributed by atoms with Gasteiger partial charge in [0.2, 0.25) is 11.8 Å². The van der Waals surface area contributed by atoms with Crippen LogP contribution in [0.1, 0.15) is 37.1 Å². The minimum absolute atomic E-state index is 0.0113. The monoisotopic (exact) mass is 473 g/mol. The summed E-state index contributed by atoms with van der Waals surface area (Å²) in [6.07, 6.45) is 7.26. The third-order valence-electron chi connectivity index (χ3n) is 6.32. The van der Waals surface area contributed by atoms with Crippen LogP contribution in [0.4, 0.5) is 5.69 Å². The smallest absolute Gasteiger partial charge is 0.238 e. The number of nitrogens with one attached hydrogen (secondary N) is 1. The first-order chi connectivity index (χ1) is 16.5. The molecule has 1 saturated carbocycles. The summed E-state index contributed by atoms with van der Waals surface area (Å²) in [6, 6.07) is 18.5. The number of hydrogen-bond acceptors (Lipinski definition) is 5. The molecule has 2 aromatic carbocycles. The predicted octanol–water partition coefficient (Wildman–Crippen LogP) is 5.87. The molecule has 0 radical (unpaired) electrons. The molecule has 2 heterocycles. The van der Waals surface area contributed by atoms with Crippen molar-refractivity contribution in [1.82, 2.24) is 19.7 Å². The number of anilines is 1. The molecule has 5 rings (SSSR count). The number of nitrogens with zero attached hydrogens (tertiary/aromatic N) is 4. The molecule has 0 unspecified atom stereocenters. The van der Waals surface area contributed by atoms with Gasteiger partial charge in [-0.05, 0) is 67.8 Å². The number of ether oxygens (including phenoxy) is 1. The summed E-state index contributed by atoms with van der Waals surface area (Å²) in [6.45, 7) is 1.90. The lowest BCUT2D eigenvalue weighted by Crippen LogP contribution is -2.37. The largest absolute Gasteiger partial charge is 0.438 e. The Balaban J connectivity index is 1.26. The maximum Gasteiger partial charge on any atom is 0.238 e. The van der Waals surface area contributed by atoms with Crippen molar-refractivity contribution in [2.45, 2.75) is 38.0 Å². The SMILES string of the molecule is Cc1nccn1-c1ccc(Oc2ccc(NC(=O)C3(c4ccc(Cl)cc4)CCCC3)cc2)nn1. The van der Waals surface area contributed by atoms with E-state index in [2.05, 4.69) is 20.5 Å². The van der Waals surface area contributed by atoms with Crippen LogP contribution in [0.15, 0.2) is 73.1 Å². The van der Waals surface area contributed by atoms with Crippen molar-refractivity contribution < 1.29 is 9.53 Å². The molecule has 8 heteroatoms. The second kappa shape index (κ2) is 9.27. The zero-order chi connectivity index (χ0) is 23.5. The van der Waals surface area contributed by atoms with Crippen LogP contribution in [0.2, 0.25) is 5.02 Å². The standard InChI is InChI=1S/C26H24ClN5O2/c1-18-28-16-17-32(18)23-12-13-24(31-30-23)34-22-10-8-21(9-11-22)29-25(33)26(14-2-3-15-26)19-4-6-20(27)7-5-19/h4-13,16-17H,2-3,14-15H2,1H3,(H,29,33). The summed E-state index contributed by atoms with van der Waals surface area (Å²) in [5.74, 6) is 2.49. The first kappa shape index (κ1) is 22.1. The topological polar surface area (TPSA) is 81.9 Å². The van der Waals surface area contributed by atoms with E-state index >= 15 is 0 Å². The van der Waals surface area contributed by atoms with Gasteiger partial charge < -0.3 is 10.1 Å². The number of benzene rings is 2. The molecule has 0 bridgehead atoms. The average Bonchev–Trinajstić information content (AvgIpc) is 3.52. The Hall–Kier alpha value is -3.71. The van der Waals surface area contributed by atoms with E-state index in [1.807, 2.05) is 60.2 Å². The summed E-state index contributed by atoms with van der Waals surface area (Å²) in [7, 11) is 0. The molecule has 0 aliphatic heterocycles. The number of carbonyl (C=O) groups excluding carboxylic acids is 1. The van der Waals surface area contributed by atoms with Crippen molar-refractivity contribution in [2.24, 2.45) is 0 Å². The molecular formula is C26H24ClN5O2. The molecule has 34 heavy (non-hydrogen) atoms. The van der Waals surface area contributed by atoms with Gasteiger partial charge in [0.15, 0.2) is 5.82 Å². The third-order valence-corrected chi connectivity index (χ3v) is 6.57. The van der Waals surface area contributed by atoms with Crippen molar-refractivity contribution >= 4 is 23.2 Å². The molecule has 0 saturated heterocycles. The molecule has 0 atom stereocenters. The van der Waals surface area contributed by atoms with Gasteiger partial charge in [0, 0.05) is 29.2 Å². The highest BCUT2D eigenvalue weighted by atomic mass is 35.5. The second-order valence-electron chi connectivity index (χ2n) is 8.45. The van der Waals surface area contributed by atoms with Gasteiger partial charge in [-0.1, -0.05) is 36.6 Å². The van der Waals surface area contributed by atoms with Gasteiger partial charge in [-0.3, -0.25) is 9.36 Å². The number of aromatic nitrogens is 4. The Morgan fingerprint density at radius 2 is 1.74 bits per heavy atom. The highest BCUT2D eigenvalue weighted by molar-refractivity contribution is 6.30. The molecule has 2 aromatic heterocycles. The van der Waals surface area contributed by atoms with Crippen LogP contribution in [-0.4, -0.2) is 25.7 Å². The van der Waals surface area contributed by atoms with Crippen LogP contribution >= 0.6 is 11.6 Å². The number of imidazole rings is 1. The van der Waals surface area contributed by atoms with E-state index < -0.39 is 5.41 Å². The second-order valence-corrected chi connectivity index (χ2v) is 8.89. The van der Waals surface area contributed by atoms with Crippen LogP contribution in [0.5, 0.6) is 11.6 Å².